The average molecular weight is 267 g/mol. The van der Waals surface area contributed by atoms with Crippen molar-refractivity contribution in [2.75, 3.05) is 6.61 Å². The first kappa shape index (κ1) is 15.7. The molecule has 1 heterocycles. The molecule has 0 amide bonds. The quantitative estimate of drug-likeness (QED) is 0.605. The number of carbonyl (C=O) groups excluding carboxylic acids is 1. The molecular formula is C14H25N3O2. The number of nitrogens with two attached hydrogens (primary N) is 1. The number of aromatic nitrogens is 2. The summed E-state index contributed by atoms with van der Waals surface area (Å²) < 4.78 is 6.96. The Morgan fingerprint density at radius 2 is 2.16 bits per heavy atom. The van der Waals surface area contributed by atoms with Gasteiger partial charge < -0.3 is 10.5 Å². The third-order valence-corrected chi connectivity index (χ3v) is 3.16. The number of rotatable bonds is 7. The van der Waals surface area contributed by atoms with Crippen molar-refractivity contribution >= 4 is 5.97 Å². The third-order valence-electron chi connectivity index (χ3n) is 3.16. The number of aryl methyl sites for hydroxylation is 3. The minimum absolute atomic E-state index is 0.318. The standard InChI is InChI=1S/C14H25N3O2/c1-5-19-13(18)14(4,15)8-6-7-9-17-12(3)10-11(2)16-17/h10H,5-9,15H2,1-4H3. The van der Waals surface area contributed by atoms with E-state index in [1.54, 1.807) is 13.8 Å². The summed E-state index contributed by atoms with van der Waals surface area (Å²) in [6, 6.07) is 2.06. The number of esters is 1. The summed E-state index contributed by atoms with van der Waals surface area (Å²) in [5, 5.41) is 4.40. The molecule has 0 fully saturated rings. The Bertz CT molecular complexity index is 424. The molecule has 0 aliphatic rings. The van der Waals surface area contributed by atoms with Gasteiger partial charge >= 0.3 is 5.97 Å². The van der Waals surface area contributed by atoms with Gasteiger partial charge in [0.15, 0.2) is 0 Å². The van der Waals surface area contributed by atoms with Crippen LogP contribution < -0.4 is 5.73 Å². The molecule has 1 rings (SSSR count). The number of ether oxygens (including phenoxy) is 1. The smallest absolute Gasteiger partial charge is 0.325 e. The number of nitrogens with zero attached hydrogens (tertiary/aromatic N) is 2. The van der Waals surface area contributed by atoms with Crippen molar-refractivity contribution in [3.05, 3.63) is 17.5 Å². The maximum absolute atomic E-state index is 11.6. The van der Waals surface area contributed by atoms with E-state index in [-0.39, 0.29) is 5.97 Å². The van der Waals surface area contributed by atoms with E-state index >= 15 is 0 Å². The van der Waals surface area contributed by atoms with Crippen molar-refractivity contribution in [2.24, 2.45) is 5.73 Å². The van der Waals surface area contributed by atoms with Crippen molar-refractivity contribution in [3.8, 4) is 0 Å². The number of carbonyl (C=O) groups is 1. The molecule has 0 saturated heterocycles. The van der Waals surface area contributed by atoms with Crippen LogP contribution in [0.3, 0.4) is 0 Å². The molecular weight excluding hydrogens is 242 g/mol. The highest BCUT2D eigenvalue weighted by atomic mass is 16.5. The second kappa shape index (κ2) is 6.70. The first-order valence-electron chi connectivity index (χ1n) is 6.84. The summed E-state index contributed by atoms with van der Waals surface area (Å²) in [7, 11) is 0. The summed E-state index contributed by atoms with van der Waals surface area (Å²) in [5.74, 6) is -0.318. The van der Waals surface area contributed by atoms with Gasteiger partial charge in [0.25, 0.3) is 0 Å². The zero-order valence-electron chi connectivity index (χ0n) is 12.4. The summed E-state index contributed by atoms with van der Waals surface area (Å²) in [5.41, 5.74) is 7.28. The van der Waals surface area contributed by atoms with Crippen LogP contribution in [0.2, 0.25) is 0 Å². The Morgan fingerprint density at radius 3 is 2.68 bits per heavy atom. The third kappa shape index (κ3) is 4.67. The van der Waals surface area contributed by atoms with Gasteiger partial charge in [0.05, 0.1) is 12.3 Å². The van der Waals surface area contributed by atoms with E-state index in [2.05, 4.69) is 11.2 Å². The zero-order valence-corrected chi connectivity index (χ0v) is 12.4. The summed E-state index contributed by atoms with van der Waals surface area (Å²) in [6.45, 7) is 8.79. The van der Waals surface area contributed by atoms with Gasteiger partial charge in [0, 0.05) is 12.2 Å². The molecule has 5 nitrogen and oxygen atoms in total. The van der Waals surface area contributed by atoms with Gasteiger partial charge in [0.1, 0.15) is 5.54 Å². The van der Waals surface area contributed by atoms with Crippen molar-refractivity contribution in [3.63, 3.8) is 0 Å². The Balaban J connectivity index is 2.34. The zero-order chi connectivity index (χ0) is 14.5. The van der Waals surface area contributed by atoms with E-state index in [0.717, 1.165) is 25.1 Å². The molecule has 0 aliphatic heterocycles. The first-order valence-corrected chi connectivity index (χ1v) is 6.84. The van der Waals surface area contributed by atoms with Crippen LogP contribution in [0, 0.1) is 13.8 Å². The van der Waals surface area contributed by atoms with E-state index < -0.39 is 5.54 Å². The maximum Gasteiger partial charge on any atom is 0.325 e. The summed E-state index contributed by atoms with van der Waals surface area (Å²) >= 11 is 0. The molecule has 0 aliphatic carbocycles. The molecule has 0 spiro atoms. The van der Waals surface area contributed by atoms with E-state index in [0.29, 0.717) is 13.0 Å². The molecule has 1 aromatic heterocycles. The molecule has 0 bridgehead atoms. The predicted octanol–water partition coefficient (Wildman–Crippen LogP) is 1.95. The lowest BCUT2D eigenvalue weighted by Gasteiger charge is -2.22. The highest BCUT2D eigenvalue weighted by Gasteiger charge is 2.28. The van der Waals surface area contributed by atoms with E-state index in [1.165, 1.54) is 5.69 Å². The highest BCUT2D eigenvalue weighted by Crippen LogP contribution is 2.14. The van der Waals surface area contributed by atoms with Crippen LogP contribution in [0.1, 0.15) is 44.5 Å². The fourth-order valence-electron chi connectivity index (χ4n) is 2.05. The lowest BCUT2D eigenvalue weighted by Crippen LogP contribution is -2.46. The molecule has 1 aromatic rings. The van der Waals surface area contributed by atoms with Crippen LogP contribution in [0.4, 0.5) is 0 Å². The largest absolute Gasteiger partial charge is 0.465 e. The average Bonchev–Trinajstić information content (AvgIpc) is 2.64. The molecule has 0 radical (unpaired) electrons. The van der Waals surface area contributed by atoms with Gasteiger partial charge in [0.2, 0.25) is 0 Å². The SMILES string of the molecule is CCOC(=O)C(C)(N)CCCCn1nc(C)cc1C. The maximum atomic E-state index is 11.6. The highest BCUT2D eigenvalue weighted by molar-refractivity contribution is 5.79. The Labute approximate surface area is 115 Å². The fraction of sp³-hybridized carbons (Fsp3) is 0.714. The van der Waals surface area contributed by atoms with Crippen LogP contribution >= 0.6 is 0 Å². The summed E-state index contributed by atoms with van der Waals surface area (Å²) in [6.07, 6.45) is 2.46. The minimum Gasteiger partial charge on any atom is -0.465 e. The van der Waals surface area contributed by atoms with Crippen LogP contribution in [-0.4, -0.2) is 27.9 Å². The van der Waals surface area contributed by atoms with Gasteiger partial charge in [-0.1, -0.05) is 0 Å². The van der Waals surface area contributed by atoms with E-state index in [1.807, 2.05) is 18.5 Å². The van der Waals surface area contributed by atoms with Gasteiger partial charge in [-0.15, -0.1) is 0 Å². The van der Waals surface area contributed by atoms with Gasteiger partial charge in [-0.2, -0.15) is 5.10 Å². The molecule has 5 heteroatoms. The molecule has 0 aromatic carbocycles. The monoisotopic (exact) mass is 267 g/mol. The first-order chi connectivity index (χ1) is 8.86. The lowest BCUT2D eigenvalue weighted by atomic mass is 9.96. The molecule has 108 valence electrons. The van der Waals surface area contributed by atoms with Crippen LogP contribution in [0.15, 0.2) is 6.07 Å². The van der Waals surface area contributed by atoms with Gasteiger partial charge in [-0.25, -0.2) is 0 Å². The second-order valence-corrected chi connectivity index (χ2v) is 5.25. The fourth-order valence-corrected chi connectivity index (χ4v) is 2.05. The van der Waals surface area contributed by atoms with Crippen molar-refractivity contribution < 1.29 is 9.53 Å². The van der Waals surface area contributed by atoms with Crippen molar-refractivity contribution in [1.29, 1.82) is 0 Å². The van der Waals surface area contributed by atoms with Gasteiger partial charge in [-0.3, -0.25) is 9.48 Å². The lowest BCUT2D eigenvalue weighted by molar-refractivity contribution is -0.149. The minimum atomic E-state index is -0.884. The Morgan fingerprint density at radius 1 is 1.47 bits per heavy atom. The van der Waals surface area contributed by atoms with Crippen molar-refractivity contribution in [1.82, 2.24) is 9.78 Å². The topological polar surface area (TPSA) is 70.1 Å². The predicted molar refractivity (Wildman–Crippen MR) is 74.8 cm³/mol. The van der Waals surface area contributed by atoms with Crippen LogP contribution in [0.5, 0.6) is 0 Å². The molecule has 1 atom stereocenters. The second-order valence-electron chi connectivity index (χ2n) is 5.25. The number of unbranched alkanes of at least 4 members (excludes halogenated alkanes) is 1. The Hall–Kier alpha value is -1.36. The molecule has 0 saturated carbocycles. The van der Waals surface area contributed by atoms with Crippen molar-refractivity contribution in [2.45, 2.75) is 59.0 Å². The summed E-state index contributed by atoms with van der Waals surface area (Å²) in [4.78, 5) is 11.6. The van der Waals surface area contributed by atoms with Gasteiger partial charge in [-0.05, 0) is 53.0 Å². The normalized spacial score (nSPS) is 14.2. The van der Waals surface area contributed by atoms with Crippen LogP contribution in [0.25, 0.3) is 0 Å². The molecule has 2 N–H and O–H groups in total. The number of hydrogen-bond acceptors (Lipinski definition) is 4. The number of hydrogen-bond donors (Lipinski definition) is 1. The molecule has 1 unspecified atom stereocenters. The Kier molecular flexibility index (Phi) is 5.54. The molecule has 19 heavy (non-hydrogen) atoms. The van der Waals surface area contributed by atoms with E-state index in [9.17, 15) is 4.79 Å². The van der Waals surface area contributed by atoms with E-state index in [4.69, 9.17) is 10.5 Å². The van der Waals surface area contributed by atoms with Crippen LogP contribution in [-0.2, 0) is 16.1 Å².